The average Bonchev–Trinajstić information content (AvgIpc) is 3.58. The van der Waals surface area contributed by atoms with Gasteiger partial charge in [-0.2, -0.15) is 5.10 Å². The fraction of sp³-hybridized carbons (Fsp3) is 0.520. The van der Waals surface area contributed by atoms with Crippen molar-refractivity contribution >= 4 is 17.6 Å². The van der Waals surface area contributed by atoms with Crippen molar-refractivity contribution in [3.8, 4) is 5.75 Å². The van der Waals surface area contributed by atoms with Crippen LogP contribution in [0.15, 0.2) is 35.5 Å². The number of aryl methyl sites for hydroxylation is 1. The Morgan fingerprint density at radius 3 is 2.79 bits per heavy atom. The topological polar surface area (TPSA) is 104 Å². The number of esters is 1. The van der Waals surface area contributed by atoms with Gasteiger partial charge in [-0.3, -0.25) is 9.48 Å². The first-order valence-corrected chi connectivity index (χ1v) is 11.8. The molecule has 34 heavy (non-hydrogen) atoms. The van der Waals surface area contributed by atoms with Crippen LogP contribution in [0, 0.1) is 6.92 Å². The van der Waals surface area contributed by atoms with Gasteiger partial charge < -0.3 is 19.6 Å². The van der Waals surface area contributed by atoms with Crippen LogP contribution in [0.1, 0.15) is 66.8 Å². The zero-order chi connectivity index (χ0) is 24.1. The molecule has 0 saturated heterocycles. The predicted octanol–water partition coefficient (Wildman–Crippen LogP) is 3.37. The third kappa shape index (κ3) is 5.08. The Hall–Kier alpha value is -3.36. The first kappa shape index (κ1) is 23.8. The molecule has 9 heteroatoms. The van der Waals surface area contributed by atoms with Crippen molar-refractivity contribution in [3.05, 3.63) is 47.3 Å². The number of benzene rings is 1. The SMILES string of the molecule is CCOC(=O)C1(Cc2cccc(OC)c2)CC(CNC(=O)c2cc(C)nn2C2CCCC2)=NO1. The molecule has 2 aliphatic rings. The Bertz CT molecular complexity index is 1070. The highest BCUT2D eigenvalue weighted by atomic mass is 16.7. The van der Waals surface area contributed by atoms with Crippen LogP contribution in [0.2, 0.25) is 0 Å². The zero-order valence-corrected chi connectivity index (χ0v) is 20.0. The fourth-order valence-corrected chi connectivity index (χ4v) is 4.68. The van der Waals surface area contributed by atoms with Crippen LogP contribution in [0.4, 0.5) is 0 Å². The van der Waals surface area contributed by atoms with Crippen molar-refractivity contribution in [3.63, 3.8) is 0 Å². The molecule has 2 aromatic rings. The van der Waals surface area contributed by atoms with Gasteiger partial charge in [0.1, 0.15) is 11.4 Å². The zero-order valence-electron chi connectivity index (χ0n) is 20.0. The summed E-state index contributed by atoms with van der Waals surface area (Å²) in [7, 11) is 1.59. The van der Waals surface area contributed by atoms with Crippen LogP contribution in [0.25, 0.3) is 0 Å². The lowest BCUT2D eigenvalue weighted by molar-refractivity contribution is -0.168. The average molecular weight is 469 g/mol. The highest BCUT2D eigenvalue weighted by Crippen LogP contribution is 2.32. The molecule has 1 atom stereocenters. The number of hydrogen-bond donors (Lipinski definition) is 1. The van der Waals surface area contributed by atoms with E-state index in [0.717, 1.165) is 36.9 Å². The lowest BCUT2D eigenvalue weighted by atomic mass is 9.89. The van der Waals surface area contributed by atoms with Gasteiger partial charge in [0.15, 0.2) is 0 Å². The fourth-order valence-electron chi connectivity index (χ4n) is 4.68. The van der Waals surface area contributed by atoms with Crippen LogP contribution in [0.3, 0.4) is 0 Å². The summed E-state index contributed by atoms with van der Waals surface area (Å²) in [6.45, 7) is 4.05. The Kier molecular flexibility index (Phi) is 7.19. The minimum absolute atomic E-state index is 0.174. The molecule has 1 amide bonds. The molecule has 2 heterocycles. The Morgan fingerprint density at radius 2 is 2.06 bits per heavy atom. The van der Waals surface area contributed by atoms with E-state index in [1.807, 2.05) is 41.9 Å². The number of ether oxygens (including phenoxy) is 2. The predicted molar refractivity (Wildman–Crippen MR) is 126 cm³/mol. The lowest BCUT2D eigenvalue weighted by Gasteiger charge is -2.24. The number of amides is 1. The summed E-state index contributed by atoms with van der Waals surface area (Å²) in [6.07, 6.45) is 4.88. The van der Waals surface area contributed by atoms with E-state index in [-0.39, 0.29) is 37.9 Å². The van der Waals surface area contributed by atoms with Crippen LogP contribution >= 0.6 is 0 Å². The molecule has 1 aromatic heterocycles. The van der Waals surface area contributed by atoms with Crippen molar-refractivity contribution in [1.29, 1.82) is 0 Å². The summed E-state index contributed by atoms with van der Waals surface area (Å²) in [4.78, 5) is 31.5. The molecule has 1 saturated carbocycles. The van der Waals surface area contributed by atoms with Crippen LogP contribution in [-0.4, -0.2) is 53.2 Å². The van der Waals surface area contributed by atoms with E-state index in [1.54, 1.807) is 14.0 Å². The van der Waals surface area contributed by atoms with Gasteiger partial charge in [0, 0.05) is 12.8 Å². The number of nitrogens with one attached hydrogen (secondary N) is 1. The van der Waals surface area contributed by atoms with Crippen molar-refractivity contribution in [1.82, 2.24) is 15.1 Å². The van der Waals surface area contributed by atoms with Gasteiger partial charge in [0.2, 0.25) is 5.60 Å². The first-order chi connectivity index (χ1) is 16.4. The van der Waals surface area contributed by atoms with Crippen molar-refractivity contribution < 1.29 is 23.9 Å². The van der Waals surface area contributed by atoms with E-state index >= 15 is 0 Å². The van der Waals surface area contributed by atoms with Crippen molar-refractivity contribution in [2.24, 2.45) is 5.16 Å². The van der Waals surface area contributed by atoms with Gasteiger partial charge in [0.25, 0.3) is 5.91 Å². The maximum Gasteiger partial charge on any atom is 0.354 e. The largest absolute Gasteiger partial charge is 0.497 e. The number of hydrogen-bond acceptors (Lipinski definition) is 7. The number of nitrogens with zero attached hydrogens (tertiary/aromatic N) is 3. The molecule has 4 rings (SSSR count). The maximum atomic E-state index is 13.0. The molecule has 0 radical (unpaired) electrons. The second kappa shape index (κ2) is 10.3. The number of oxime groups is 1. The minimum Gasteiger partial charge on any atom is -0.497 e. The van der Waals surface area contributed by atoms with Crippen molar-refractivity contribution in [2.75, 3.05) is 20.3 Å². The molecule has 0 spiro atoms. The van der Waals surface area contributed by atoms with Gasteiger partial charge in [-0.15, -0.1) is 0 Å². The lowest BCUT2D eigenvalue weighted by Crippen LogP contribution is -2.43. The van der Waals surface area contributed by atoms with E-state index in [2.05, 4.69) is 15.6 Å². The highest BCUT2D eigenvalue weighted by molar-refractivity contribution is 5.99. The van der Waals surface area contributed by atoms with E-state index in [0.29, 0.717) is 17.2 Å². The second-order valence-corrected chi connectivity index (χ2v) is 8.91. The summed E-state index contributed by atoms with van der Waals surface area (Å²) < 4.78 is 12.5. The number of methoxy groups -OCH3 is 1. The Balaban J connectivity index is 1.43. The highest BCUT2D eigenvalue weighted by Gasteiger charge is 2.48. The van der Waals surface area contributed by atoms with Gasteiger partial charge >= 0.3 is 5.97 Å². The molecular formula is C25H32N4O5. The molecule has 1 aliphatic carbocycles. The molecule has 1 aromatic carbocycles. The number of carbonyl (C=O) groups is 2. The van der Waals surface area contributed by atoms with Gasteiger partial charge in [-0.25, -0.2) is 4.79 Å². The molecule has 0 bridgehead atoms. The molecular weight excluding hydrogens is 436 g/mol. The number of carbonyl (C=O) groups excluding carboxylic acids is 2. The van der Waals surface area contributed by atoms with Gasteiger partial charge in [-0.05, 0) is 50.5 Å². The van der Waals surface area contributed by atoms with Gasteiger partial charge in [-0.1, -0.05) is 30.1 Å². The first-order valence-electron chi connectivity index (χ1n) is 11.8. The normalized spacial score (nSPS) is 20.0. The van der Waals surface area contributed by atoms with E-state index in [1.165, 1.54) is 0 Å². The molecule has 182 valence electrons. The molecule has 1 fully saturated rings. The van der Waals surface area contributed by atoms with Crippen LogP contribution in [0.5, 0.6) is 5.75 Å². The minimum atomic E-state index is -1.27. The molecule has 1 unspecified atom stereocenters. The monoisotopic (exact) mass is 468 g/mol. The molecule has 1 aliphatic heterocycles. The van der Waals surface area contributed by atoms with E-state index in [9.17, 15) is 9.59 Å². The van der Waals surface area contributed by atoms with Crippen LogP contribution < -0.4 is 10.1 Å². The summed E-state index contributed by atoms with van der Waals surface area (Å²) in [5, 5.41) is 11.6. The summed E-state index contributed by atoms with van der Waals surface area (Å²) in [5.74, 6) is 0.00606. The maximum absolute atomic E-state index is 13.0. The summed E-state index contributed by atoms with van der Waals surface area (Å²) in [6, 6.07) is 9.54. The Morgan fingerprint density at radius 1 is 1.26 bits per heavy atom. The van der Waals surface area contributed by atoms with E-state index < -0.39 is 11.6 Å². The van der Waals surface area contributed by atoms with E-state index in [4.69, 9.17) is 14.3 Å². The van der Waals surface area contributed by atoms with Crippen LogP contribution in [-0.2, 0) is 20.8 Å². The molecule has 9 nitrogen and oxygen atoms in total. The summed E-state index contributed by atoms with van der Waals surface area (Å²) >= 11 is 0. The van der Waals surface area contributed by atoms with Gasteiger partial charge in [0.05, 0.1) is 37.7 Å². The number of aromatic nitrogens is 2. The second-order valence-electron chi connectivity index (χ2n) is 8.91. The molecule has 1 N–H and O–H groups in total. The summed E-state index contributed by atoms with van der Waals surface area (Å²) in [5.41, 5.74) is 1.54. The Labute approximate surface area is 199 Å². The smallest absolute Gasteiger partial charge is 0.354 e. The number of rotatable bonds is 9. The third-order valence-electron chi connectivity index (χ3n) is 6.32. The standard InChI is InChI=1S/C25H32N4O5/c1-4-33-24(31)25(14-18-8-7-11-21(13-18)32-3)15-19(28-34-25)16-26-23(30)22-12-17(2)27-29(22)20-9-5-6-10-20/h7-8,11-13,20H,4-6,9-10,14-16H2,1-3H3,(H,26,30). The third-order valence-corrected chi connectivity index (χ3v) is 6.32. The van der Waals surface area contributed by atoms with Crippen molar-refractivity contribution in [2.45, 2.75) is 64.0 Å². The quantitative estimate of drug-likeness (QED) is 0.566.